The lowest BCUT2D eigenvalue weighted by Gasteiger charge is -2.36. The van der Waals surface area contributed by atoms with Gasteiger partial charge in [-0.25, -0.2) is 0 Å². The summed E-state index contributed by atoms with van der Waals surface area (Å²) in [5.41, 5.74) is 5.66. The summed E-state index contributed by atoms with van der Waals surface area (Å²) in [5.74, 6) is 0.191. The molecule has 2 aliphatic heterocycles. The summed E-state index contributed by atoms with van der Waals surface area (Å²) < 4.78 is 5.24. The van der Waals surface area contributed by atoms with Crippen LogP contribution in [0.1, 0.15) is 25.7 Å². The molecule has 0 spiro atoms. The van der Waals surface area contributed by atoms with Crippen molar-refractivity contribution in [1.29, 1.82) is 0 Å². The molecule has 0 atom stereocenters. The lowest BCUT2D eigenvalue weighted by atomic mass is 9.95. The number of amides is 1. The molecule has 2 aliphatic rings. The Bertz CT molecular complexity index is 246. The first kappa shape index (κ1) is 11.8. The first-order chi connectivity index (χ1) is 7.70. The molecule has 0 aromatic rings. The normalized spacial score (nSPS) is 26.3. The van der Waals surface area contributed by atoms with Crippen LogP contribution in [0, 0.1) is 5.92 Å². The third-order valence-electron chi connectivity index (χ3n) is 3.46. The van der Waals surface area contributed by atoms with Crippen LogP contribution in [0.5, 0.6) is 0 Å². The third kappa shape index (κ3) is 2.93. The standard InChI is InChI=1S/C11H21N3O2/c12-11(3-5-13-6-4-11)14-10(15)9-1-7-16-8-2-9/h9,13H,1-8,12H2,(H,14,15). The van der Waals surface area contributed by atoms with Crippen molar-refractivity contribution in [3.8, 4) is 0 Å². The van der Waals surface area contributed by atoms with E-state index in [-0.39, 0.29) is 11.8 Å². The maximum absolute atomic E-state index is 12.0. The minimum absolute atomic E-state index is 0.0871. The number of nitrogens with two attached hydrogens (primary N) is 1. The Morgan fingerprint density at radius 2 is 1.94 bits per heavy atom. The fourth-order valence-electron chi connectivity index (χ4n) is 2.31. The SMILES string of the molecule is NC1(NC(=O)C2CCOCC2)CCNCC1. The van der Waals surface area contributed by atoms with Crippen LogP contribution in [0.3, 0.4) is 0 Å². The molecule has 2 fully saturated rings. The first-order valence-electron chi connectivity index (χ1n) is 6.09. The molecular weight excluding hydrogens is 206 g/mol. The van der Waals surface area contributed by atoms with E-state index in [0.717, 1.165) is 38.8 Å². The molecule has 0 aromatic carbocycles. The van der Waals surface area contributed by atoms with Crippen LogP contribution < -0.4 is 16.4 Å². The highest BCUT2D eigenvalue weighted by Gasteiger charge is 2.32. The van der Waals surface area contributed by atoms with Gasteiger partial charge in [-0.3, -0.25) is 4.79 Å². The highest BCUT2D eigenvalue weighted by Crippen LogP contribution is 2.18. The van der Waals surface area contributed by atoms with E-state index >= 15 is 0 Å². The second kappa shape index (κ2) is 5.12. The molecule has 16 heavy (non-hydrogen) atoms. The Labute approximate surface area is 96.1 Å². The van der Waals surface area contributed by atoms with E-state index in [1.54, 1.807) is 0 Å². The molecule has 4 N–H and O–H groups in total. The summed E-state index contributed by atoms with van der Waals surface area (Å²) in [6.07, 6.45) is 3.25. The number of ether oxygens (including phenoxy) is 1. The zero-order chi connectivity index (χ0) is 11.4. The van der Waals surface area contributed by atoms with Crippen molar-refractivity contribution in [3.63, 3.8) is 0 Å². The number of hydrogen-bond acceptors (Lipinski definition) is 4. The van der Waals surface area contributed by atoms with E-state index < -0.39 is 5.66 Å². The maximum atomic E-state index is 12.0. The molecule has 1 amide bonds. The number of rotatable bonds is 2. The molecule has 92 valence electrons. The molecule has 2 rings (SSSR count). The second-order valence-corrected chi connectivity index (χ2v) is 4.78. The van der Waals surface area contributed by atoms with Gasteiger partial charge >= 0.3 is 0 Å². The highest BCUT2D eigenvalue weighted by molar-refractivity contribution is 5.79. The van der Waals surface area contributed by atoms with Gasteiger partial charge in [0.1, 0.15) is 0 Å². The summed E-state index contributed by atoms with van der Waals surface area (Å²) in [6, 6.07) is 0. The van der Waals surface area contributed by atoms with Crippen molar-refractivity contribution in [3.05, 3.63) is 0 Å². The van der Waals surface area contributed by atoms with Crippen molar-refractivity contribution in [2.75, 3.05) is 26.3 Å². The fraction of sp³-hybridized carbons (Fsp3) is 0.909. The van der Waals surface area contributed by atoms with Crippen molar-refractivity contribution < 1.29 is 9.53 Å². The van der Waals surface area contributed by atoms with Gasteiger partial charge < -0.3 is 21.1 Å². The smallest absolute Gasteiger partial charge is 0.224 e. The molecular formula is C11H21N3O2. The average Bonchev–Trinajstić information content (AvgIpc) is 2.30. The van der Waals surface area contributed by atoms with E-state index in [0.29, 0.717) is 13.2 Å². The second-order valence-electron chi connectivity index (χ2n) is 4.78. The largest absolute Gasteiger partial charge is 0.381 e. The van der Waals surface area contributed by atoms with E-state index in [1.165, 1.54) is 0 Å². The minimum atomic E-state index is -0.499. The van der Waals surface area contributed by atoms with Gasteiger partial charge in [-0.15, -0.1) is 0 Å². The van der Waals surface area contributed by atoms with Crippen LogP contribution in [0.25, 0.3) is 0 Å². The minimum Gasteiger partial charge on any atom is -0.381 e. The molecule has 0 aromatic heterocycles. The molecule has 0 bridgehead atoms. The summed E-state index contributed by atoms with van der Waals surface area (Å²) in [4.78, 5) is 12.0. The van der Waals surface area contributed by atoms with Crippen LogP contribution in [0.15, 0.2) is 0 Å². The Morgan fingerprint density at radius 3 is 2.56 bits per heavy atom. The van der Waals surface area contributed by atoms with Gasteiger partial charge in [0, 0.05) is 19.1 Å². The molecule has 2 saturated heterocycles. The van der Waals surface area contributed by atoms with Crippen LogP contribution in [-0.2, 0) is 9.53 Å². The van der Waals surface area contributed by atoms with E-state index in [2.05, 4.69) is 10.6 Å². The van der Waals surface area contributed by atoms with E-state index in [1.807, 2.05) is 0 Å². The fourth-order valence-corrected chi connectivity index (χ4v) is 2.31. The quantitative estimate of drug-likeness (QED) is 0.559. The van der Waals surface area contributed by atoms with E-state index in [9.17, 15) is 4.79 Å². The lowest BCUT2D eigenvalue weighted by Crippen LogP contribution is -2.61. The predicted octanol–water partition coefficient (Wildman–Crippen LogP) is -0.432. The van der Waals surface area contributed by atoms with Crippen LogP contribution in [0.2, 0.25) is 0 Å². The molecule has 0 radical (unpaired) electrons. The number of piperidine rings is 1. The van der Waals surface area contributed by atoms with Gasteiger partial charge in [0.2, 0.25) is 5.91 Å². The number of carbonyl (C=O) groups is 1. The van der Waals surface area contributed by atoms with Crippen molar-refractivity contribution in [2.24, 2.45) is 11.7 Å². The van der Waals surface area contributed by atoms with Gasteiger partial charge in [-0.1, -0.05) is 0 Å². The van der Waals surface area contributed by atoms with Crippen LogP contribution in [-0.4, -0.2) is 37.9 Å². The number of hydrogen-bond donors (Lipinski definition) is 3. The van der Waals surface area contributed by atoms with Gasteiger partial charge in [-0.05, 0) is 38.8 Å². The number of carbonyl (C=O) groups excluding carboxylic acids is 1. The van der Waals surface area contributed by atoms with Crippen LogP contribution in [0.4, 0.5) is 0 Å². The Balaban J connectivity index is 1.85. The predicted molar refractivity (Wildman–Crippen MR) is 60.7 cm³/mol. The molecule has 5 nitrogen and oxygen atoms in total. The third-order valence-corrected chi connectivity index (χ3v) is 3.46. The van der Waals surface area contributed by atoms with Crippen molar-refractivity contribution >= 4 is 5.91 Å². The molecule has 0 unspecified atom stereocenters. The molecule has 2 heterocycles. The summed E-state index contributed by atoms with van der Waals surface area (Å²) in [6.45, 7) is 3.14. The van der Waals surface area contributed by atoms with Gasteiger partial charge in [-0.2, -0.15) is 0 Å². The van der Waals surface area contributed by atoms with Crippen LogP contribution >= 0.6 is 0 Å². The average molecular weight is 227 g/mol. The Kier molecular flexibility index (Phi) is 3.78. The topological polar surface area (TPSA) is 76.4 Å². The lowest BCUT2D eigenvalue weighted by molar-refractivity contribution is -0.130. The van der Waals surface area contributed by atoms with Gasteiger partial charge in [0.05, 0.1) is 5.66 Å². The summed E-state index contributed by atoms with van der Waals surface area (Å²) >= 11 is 0. The Morgan fingerprint density at radius 1 is 1.31 bits per heavy atom. The summed E-state index contributed by atoms with van der Waals surface area (Å²) in [5, 5.41) is 6.25. The summed E-state index contributed by atoms with van der Waals surface area (Å²) in [7, 11) is 0. The van der Waals surface area contributed by atoms with Crippen molar-refractivity contribution in [1.82, 2.24) is 10.6 Å². The maximum Gasteiger partial charge on any atom is 0.224 e. The van der Waals surface area contributed by atoms with Crippen molar-refractivity contribution in [2.45, 2.75) is 31.3 Å². The van der Waals surface area contributed by atoms with Gasteiger partial charge in [0.25, 0.3) is 0 Å². The molecule has 0 aliphatic carbocycles. The zero-order valence-electron chi connectivity index (χ0n) is 9.63. The molecule has 0 saturated carbocycles. The zero-order valence-corrected chi connectivity index (χ0v) is 9.63. The van der Waals surface area contributed by atoms with E-state index in [4.69, 9.17) is 10.5 Å². The monoisotopic (exact) mass is 227 g/mol. The number of nitrogens with one attached hydrogen (secondary N) is 2. The highest BCUT2D eigenvalue weighted by atomic mass is 16.5. The van der Waals surface area contributed by atoms with Gasteiger partial charge in [0.15, 0.2) is 0 Å². The first-order valence-corrected chi connectivity index (χ1v) is 6.09. The Hall–Kier alpha value is -0.650. The molecule has 5 heteroatoms.